The lowest BCUT2D eigenvalue weighted by atomic mass is 9.85. The number of benzene rings is 1. The number of amides is 2. The zero-order chi connectivity index (χ0) is 23.2. The van der Waals surface area contributed by atoms with Gasteiger partial charge in [0.2, 0.25) is 0 Å². The van der Waals surface area contributed by atoms with Gasteiger partial charge in [0.25, 0.3) is 0 Å². The van der Waals surface area contributed by atoms with Crippen molar-refractivity contribution < 1.29 is 28.6 Å². The summed E-state index contributed by atoms with van der Waals surface area (Å²) in [4.78, 5) is 39.0. The lowest BCUT2D eigenvalue weighted by molar-refractivity contribution is -0.0293. The molecule has 2 heterocycles. The maximum absolute atomic E-state index is 12.5. The predicted molar refractivity (Wildman–Crippen MR) is 116 cm³/mol. The van der Waals surface area contributed by atoms with Crippen LogP contribution in [0.25, 0.3) is 0 Å². The van der Waals surface area contributed by atoms with Crippen molar-refractivity contribution in [2.45, 2.75) is 64.3 Å². The number of carbonyl (C=O) groups is 3. The lowest BCUT2D eigenvalue weighted by Crippen LogP contribution is -2.53. The van der Waals surface area contributed by atoms with E-state index in [9.17, 15) is 14.4 Å². The number of piperidine rings is 1. The number of nitrogens with zero attached hydrogens (tertiary/aromatic N) is 2. The van der Waals surface area contributed by atoms with E-state index < -0.39 is 11.2 Å². The molecule has 31 heavy (non-hydrogen) atoms. The standard InChI is InChI=1S/C21H28N2O5.C2H6O/c1-15-21(9-11-22(12-10-21)18(25)27-20(2,3)4)28-19(26)23(15)13-16-5-7-17(14-24)8-6-16;1-3-2/h5-8,14-15H,9-13H2,1-4H3;1-2H3. The van der Waals surface area contributed by atoms with Crippen LogP contribution in [0.3, 0.4) is 0 Å². The molecule has 3 rings (SSSR count). The second-order valence-corrected chi connectivity index (χ2v) is 8.97. The normalized spacial score (nSPS) is 20.1. The van der Waals surface area contributed by atoms with Gasteiger partial charge in [0.15, 0.2) is 0 Å². The number of rotatable bonds is 3. The van der Waals surface area contributed by atoms with Gasteiger partial charge in [-0.3, -0.25) is 9.69 Å². The van der Waals surface area contributed by atoms with Crippen LogP contribution in [0.15, 0.2) is 24.3 Å². The minimum atomic E-state index is -0.585. The number of hydrogen-bond donors (Lipinski definition) is 0. The monoisotopic (exact) mass is 434 g/mol. The predicted octanol–water partition coefficient (Wildman–Crippen LogP) is 3.87. The molecular weight excluding hydrogens is 400 g/mol. The maximum Gasteiger partial charge on any atom is 0.411 e. The molecule has 1 aromatic carbocycles. The van der Waals surface area contributed by atoms with Crippen LogP contribution in [0.1, 0.15) is 56.5 Å². The van der Waals surface area contributed by atoms with Crippen LogP contribution < -0.4 is 0 Å². The molecule has 0 radical (unpaired) electrons. The molecule has 2 aliphatic rings. The van der Waals surface area contributed by atoms with Crippen LogP contribution in [0, 0.1) is 0 Å². The molecule has 0 aliphatic carbocycles. The van der Waals surface area contributed by atoms with Crippen LogP contribution in [0.4, 0.5) is 9.59 Å². The van der Waals surface area contributed by atoms with E-state index in [-0.39, 0.29) is 18.2 Å². The Hall–Kier alpha value is -2.61. The van der Waals surface area contributed by atoms with Gasteiger partial charge in [-0.1, -0.05) is 24.3 Å². The van der Waals surface area contributed by atoms with Crippen molar-refractivity contribution in [2.24, 2.45) is 0 Å². The first-order valence-electron chi connectivity index (χ1n) is 10.5. The molecule has 1 unspecified atom stereocenters. The first-order valence-corrected chi connectivity index (χ1v) is 10.5. The SMILES string of the molecule is CC1N(Cc2ccc(C=O)cc2)C(=O)OC12CCN(C(=O)OC(C)(C)C)CC2.COC. The number of methoxy groups -OCH3 is 1. The quantitative estimate of drug-likeness (QED) is 0.672. The lowest BCUT2D eigenvalue weighted by Gasteiger charge is -2.40. The number of hydrogen-bond acceptors (Lipinski definition) is 6. The average Bonchev–Trinajstić information content (AvgIpc) is 2.92. The number of carbonyl (C=O) groups excluding carboxylic acids is 3. The Kier molecular flexibility index (Phi) is 8.06. The number of likely N-dealkylation sites (tertiary alicyclic amines) is 1. The van der Waals surface area contributed by atoms with Crippen LogP contribution in [0.2, 0.25) is 0 Å². The van der Waals surface area contributed by atoms with E-state index in [0.29, 0.717) is 38.0 Å². The highest BCUT2D eigenvalue weighted by Crippen LogP contribution is 2.39. The average molecular weight is 435 g/mol. The fraction of sp³-hybridized carbons (Fsp3) is 0.609. The van der Waals surface area contributed by atoms with E-state index in [2.05, 4.69) is 4.74 Å². The molecule has 0 bridgehead atoms. The molecule has 2 amide bonds. The van der Waals surface area contributed by atoms with E-state index in [1.807, 2.05) is 39.8 Å². The first kappa shape index (κ1) is 24.7. The largest absolute Gasteiger partial charge is 0.444 e. The van der Waals surface area contributed by atoms with Crippen LogP contribution >= 0.6 is 0 Å². The van der Waals surface area contributed by atoms with Gasteiger partial charge in [-0.15, -0.1) is 0 Å². The van der Waals surface area contributed by atoms with Crippen molar-refractivity contribution >= 4 is 18.5 Å². The van der Waals surface area contributed by atoms with Crippen molar-refractivity contribution in [3.8, 4) is 0 Å². The van der Waals surface area contributed by atoms with Gasteiger partial charge in [-0.2, -0.15) is 0 Å². The first-order chi connectivity index (χ1) is 14.5. The van der Waals surface area contributed by atoms with Crippen molar-refractivity contribution in [1.82, 2.24) is 9.80 Å². The fourth-order valence-corrected chi connectivity index (χ4v) is 3.77. The van der Waals surface area contributed by atoms with Crippen LogP contribution in [-0.4, -0.2) is 72.8 Å². The fourth-order valence-electron chi connectivity index (χ4n) is 3.77. The van der Waals surface area contributed by atoms with Crippen molar-refractivity contribution in [3.05, 3.63) is 35.4 Å². The molecule has 1 aromatic rings. The molecule has 172 valence electrons. The van der Waals surface area contributed by atoms with Crippen LogP contribution in [0.5, 0.6) is 0 Å². The van der Waals surface area contributed by atoms with Gasteiger partial charge in [0.05, 0.1) is 6.04 Å². The maximum atomic E-state index is 12.5. The Morgan fingerprint density at radius 3 is 2.23 bits per heavy atom. The van der Waals surface area contributed by atoms with Crippen LogP contribution in [-0.2, 0) is 20.8 Å². The van der Waals surface area contributed by atoms with Gasteiger partial charge < -0.3 is 19.1 Å². The Balaban J connectivity index is 0.00000107. The third-order valence-electron chi connectivity index (χ3n) is 5.48. The zero-order valence-corrected chi connectivity index (χ0v) is 19.3. The number of aldehydes is 1. The van der Waals surface area contributed by atoms with E-state index >= 15 is 0 Å². The van der Waals surface area contributed by atoms with Gasteiger partial charge in [0.1, 0.15) is 17.5 Å². The van der Waals surface area contributed by atoms with Gasteiger partial charge in [-0.25, -0.2) is 9.59 Å². The molecule has 8 nitrogen and oxygen atoms in total. The zero-order valence-electron chi connectivity index (χ0n) is 19.3. The molecule has 0 N–H and O–H groups in total. The Bertz CT molecular complexity index is 763. The summed E-state index contributed by atoms with van der Waals surface area (Å²) in [5.74, 6) is 0. The molecule has 0 aromatic heterocycles. The van der Waals surface area contributed by atoms with Gasteiger partial charge >= 0.3 is 12.2 Å². The highest BCUT2D eigenvalue weighted by Gasteiger charge is 2.53. The van der Waals surface area contributed by atoms with Crippen molar-refractivity contribution in [2.75, 3.05) is 27.3 Å². The summed E-state index contributed by atoms with van der Waals surface area (Å²) in [6.07, 6.45) is 1.30. The summed E-state index contributed by atoms with van der Waals surface area (Å²) in [6.45, 7) is 8.94. The molecule has 1 atom stereocenters. The second kappa shape index (κ2) is 10.1. The highest BCUT2D eigenvalue weighted by atomic mass is 16.6. The van der Waals surface area contributed by atoms with Gasteiger partial charge in [0, 0.05) is 52.3 Å². The minimum Gasteiger partial charge on any atom is -0.444 e. The third-order valence-corrected chi connectivity index (χ3v) is 5.48. The molecule has 2 aliphatic heterocycles. The second-order valence-electron chi connectivity index (χ2n) is 8.97. The number of ether oxygens (including phenoxy) is 3. The summed E-state index contributed by atoms with van der Waals surface area (Å²) in [7, 11) is 3.25. The van der Waals surface area contributed by atoms with E-state index in [1.54, 1.807) is 36.2 Å². The molecule has 0 saturated carbocycles. The van der Waals surface area contributed by atoms with E-state index in [1.165, 1.54) is 0 Å². The molecular formula is C23H34N2O6. The topological polar surface area (TPSA) is 85.4 Å². The molecule has 2 fully saturated rings. The molecule has 8 heteroatoms. The Morgan fingerprint density at radius 1 is 1.19 bits per heavy atom. The van der Waals surface area contributed by atoms with E-state index in [0.717, 1.165) is 11.8 Å². The summed E-state index contributed by atoms with van der Waals surface area (Å²) < 4.78 is 15.5. The minimum absolute atomic E-state index is 0.105. The van der Waals surface area contributed by atoms with Gasteiger partial charge in [-0.05, 0) is 33.3 Å². The molecule has 2 saturated heterocycles. The summed E-state index contributed by atoms with van der Waals surface area (Å²) in [5.41, 5.74) is 0.429. The molecule has 1 spiro atoms. The smallest absolute Gasteiger partial charge is 0.411 e. The Morgan fingerprint density at radius 2 is 1.74 bits per heavy atom. The van der Waals surface area contributed by atoms with E-state index in [4.69, 9.17) is 9.47 Å². The summed E-state index contributed by atoms with van der Waals surface area (Å²) in [6, 6.07) is 7.07. The van der Waals surface area contributed by atoms with Crippen molar-refractivity contribution in [1.29, 1.82) is 0 Å². The highest BCUT2D eigenvalue weighted by molar-refractivity contribution is 5.75. The Labute approximate surface area is 184 Å². The third kappa shape index (κ3) is 6.19. The summed E-state index contributed by atoms with van der Waals surface area (Å²) >= 11 is 0. The van der Waals surface area contributed by atoms with Crippen molar-refractivity contribution in [3.63, 3.8) is 0 Å². The summed E-state index contributed by atoms with van der Waals surface area (Å²) in [5, 5.41) is 0.